The largest absolute Gasteiger partial charge is 0.392 e. The number of aromatic nitrogens is 3. The number of rotatable bonds is 3. The lowest BCUT2D eigenvalue weighted by atomic mass is 10.2. The zero-order valence-electron chi connectivity index (χ0n) is 10.00. The lowest BCUT2D eigenvalue weighted by molar-refractivity contribution is 0.282. The first-order valence-corrected chi connectivity index (χ1v) is 5.74. The predicted octanol–water partition coefficient (Wildman–Crippen LogP) is 1.87. The summed E-state index contributed by atoms with van der Waals surface area (Å²) in [7, 11) is 0. The Kier molecular flexibility index (Phi) is 2.60. The minimum Gasteiger partial charge on any atom is -0.392 e. The van der Waals surface area contributed by atoms with Crippen molar-refractivity contribution in [3.05, 3.63) is 47.7 Å². The van der Waals surface area contributed by atoms with Gasteiger partial charge in [-0.1, -0.05) is 17.3 Å². The van der Waals surface area contributed by atoms with Gasteiger partial charge in [-0.25, -0.2) is 0 Å². The van der Waals surface area contributed by atoms with Crippen LogP contribution in [0.1, 0.15) is 17.3 Å². The molecule has 0 atom stereocenters. The average molecular weight is 243 g/mol. The molecule has 2 heterocycles. The minimum absolute atomic E-state index is 0.0424. The van der Waals surface area contributed by atoms with E-state index in [9.17, 15) is 0 Å². The van der Waals surface area contributed by atoms with Gasteiger partial charge >= 0.3 is 0 Å². The minimum atomic E-state index is 0.0424. The average Bonchev–Trinajstić information content (AvgIpc) is 2.96. The highest BCUT2D eigenvalue weighted by molar-refractivity contribution is 5.80. The fourth-order valence-electron chi connectivity index (χ4n) is 2.02. The summed E-state index contributed by atoms with van der Waals surface area (Å²) in [5.41, 5.74) is 1.95. The molecule has 0 unspecified atom stereocenters. The topological polar surface area (TPSA) is 64.1 Å². The third-order valence-corrected chi connectivity index (χ3v) is 2.90. The molecular weight excluding hydrogens is 230 g/mol. The molecular formula is C13H13N3O2. The van der Waals surface area contributed by atoms with Gasteiger partial charge in [0.2, 0.25) is 5.89 Å². The second-order valence-electron chi connectivity index (χ2n) is 4.23. The molecule has 5 heteroatoms. The monoisotopic (exact) mass is 243 g/mol. The summed E-state index contributed by atoms with van der Waals surface area (Å²) in [4.78, 5) is 4.19. The number of hydrogen-bond acceptors (Lipinski definition) is 4. The lowest BCUT2D eigenvalue weighted by Gasteiger charge is -2.03. The van der Waals surface area contributed by atoms with Crippen LogP contribution in [0.4, 0.5) is 0 Å². The van der Waals surface area contributed by atoms with E-state index in [-0.39, 0.29) is 6.61 Å². The molecule has 3 rings (SSSR count). The van der Waals surface area contributed by atoms with E-state index in [2.05, 4.69) is 10.1 Å². The Morgan fingerprint density at radius 2 is 2.22 bits per heavy atom. The summed E-state index contributed by atoms with van der Waals surface area (Å²) in [5.74, 6) is 1.22. The summed E-state index contributed by atoms with van der Waals surface area (Å²) < 4.78 is 7.14. The van der Waals surface area contributed by atoms with Gasteiger partial charge in [0.15, 0.2) is 5.82 Å². The van der Waals surface area contributed by atoms with Gasteiger partial charge in [0, 0.05) is 11.7 Å². The van der Waals surface area contributed by atoms with Gasteiger partial charge in [-0.15, -0.1) is 0 Å². The number of aryl methyl sites for hydroxylation is 1. The first-order chi connectivity index (χ1) is 8.76. The third-order valence-electron chi connectivity index (χ3n) is 2.90. The zero-order chi connectivity index (χ0) is 12.5. The Bertz CT molecular complexity index is 684. The number of aliphatic hydroxyl groups excluding tert-OH is 1. The van der Waals surface area contributed by atoms with Crippen molar-refractivity contribution in [2.45, 2.75) is 20.1 Å². The van der Waals surface area contributed by atoms with E-state index in [1.807, 2.05) is 35.0 Å². The SMILES string of the molecule is Cc1noc(Cn2ccc3ccc(CO)cc32)n1. The van der Waals surface area contributed by atoms with Gasteiger partial charge in [-0.05, 0) is 30.0 Å². The second-order valence-corrected chi connectivity index (χ2v) is 4.23. The Balaban J connectivity index is 2.01. The van der Waals surface area contributed by atoms with Crippen LogP contribution in [0, 0.1) is 6.92 Å². The van der Waals surface area contributed by atoms with Crippen molar-refractivity contribution >= 4 is 10.9 Å². The van der Waals surface area contributed by atoms with Crippen molar-refractivity contribution in [3.63, 3.8) is 0 Å². The molecule has 0 radical (unpaired) electrons. The van der Waals surface area contributed by atoms with E-state index in [1.165, 1.54) is 0 Å². The summed E-state index contributed by atoms with van der Waals surface area (Å²) in [6.45, 7) is 2.38. The molecule has 0 bridgehead atoms. The summed E-state index contributed by atoms with van der Waals surface area (Å²) in [6.07, 6.45) is 1.98. The van der Waals surface area contributed by atoms with Crippen LogP contribution in [-0.2, 0) is 13.2 Å². The van der Waals surface area contributed by atoms with Gasteiger partial charge in [0.05, 0.1) is 6.61 Å². The van der Waals surface area contributed by atoms with E-state index in [0.29, 0.717) is 18.3 Å². The zero-order valence-corrected chi connectivity index (χ0v) is 10.00. The molecule has 0 saturated heterocycles. The van der Waals surface area contributed by atoms with Gasteiger partial charge in [0.25, 0.3) is 0 Å². The molecule has 2 aromatic heterocycles. The first kappa shape index (κ1) is 11.0. The van der Waals surface area contributed by atoms with Crippen molar-refractivity contribution in [2.24, 2.45) is 0 Å². The fraction of sp³-hybridized carbons (Fsp3) is 0.231. The number of benzene rings is 1. The second kappa shape index (κ2) is 4.27. The van der Waals surface area contributed by atoms with E-state index >= 15 is 0 Å². The smallest absolute Gasteiger partial charge is 0.246 e. The Labute approximate surface area is 104 Å². The van der Waals surface area contributed by atoms with Crippen LogP contribution in [0.3, 0.4) is 0 Å². The standard InChI is InChI=1S/C13H13N3O2/c1-9-14-13(18-15-9)7-16-5-4-11-3-2-10(8-17)6-12(11)16/h2-6,17H,7-8H2,1H3. The highest BCUT2D eigenvalue weighted by atomic mass is 16.5. The van der Waals surface area contributed by atoms with Crippen LogP contribution in [0.15, 0.2) is 35.0 Å². The molecule has 0 amide bonds. The van der Waals surface area contributed by atoms with Crippen LogP contribution >= 0.6 is 0 Å². The lowest BCUT2D eigenvalue weighted by Crippen LogP contribution is -1.98. The molecule has 0 aliphatic carbocycles. The molecule has 3 aromatic rings. The Morgan fingerprint density at radius 3 is 2.94 bits per heavy atom. The van der Waals surface area contributed by atoms with E-state index < -0.39 is 0 Å². The normalized spacial score (nSPS) is 11.2. The Hall–Kier alpha value is -2.14. The maximum absolute atomic E-state index is 9.17. The van der Waals surface area contributed by atoms with Crippen LogP contribution in [-0.4, -0.2) is 19.8 Å². The first-order valence-electron chi connectivity index (χ1n) is 5.74. The molecule has 1 aromatic carbocycles. The van der Waals surface area contributed by atoms with E-state index in [4.69, 9.17) is 9.63 Å². The summed E-state index contributed by atoms with van der Waals surface area (Å²) in [6, 6.07) is 7.91. The molecule has 0 saturated carbocycles. The number of aliphatic hydroxyl groups is 1. The van der Waals surface area contributed by atoms with Crippen LogP contribution in [0.5, 0.6) is 0 Å². The molecule has 0 spiro atoms. The fourth-order valence-corrected chi connectivity index (χ4v) is 2.02. The van der Waals surface area contributed by atoms with Gasteiger partial charge in [-0.3, -0.25) is 0 Å². The van der Waals surface area contributed by atoms with Crippen molar-refractivity contribution in [1.82, 2.24) is 14.7 Å². The number of hydrogen-bond donors (Lipinski definition) is 1. The van der Waals surface area contributed by atoms with Gasteiger partial charge < -0.3 is 14.2 Å². The van der Waals surface area contributed by atoms with Crippen LogP contribution in [0.25, 0.3) is 10.9 Å². The summed E-state index contributed by atoms with van der Waals surface area (Å²) in [5, 5.41) is 14.1. The molecule has 0 fully saturated rings. The molecule has 1 N–H and O–H groups in total. The highest BCUT2D eigenvalue weighted by Gasteiger charge is 2.07. The van der Waals surface area contributed by atoms with E-state index in [0.717, 1.165) is 16.5 Å². The molecule has 18 heavy (non-hydrogen) atoms. The van der Waals surface area contributed by atoms with E-state index in [1.54, 1.807) is 6.92 Å². The highest BCUT2D eigenvalue weighted by Crippen LogP contribution is 2.18. The molecule has 5 nitrogen and oxygen atoms in total. The predicted molar refractivity (Wildman–Crippen MR) is 66.0 cm³/mol. The van der Waals surface area contributed by atoms with Gasteiger partial charge in [-0.2, -0.15) is 4.98 Å². The van der Waals surface area contributed by atoms with Crippen molar-refractivity contribution < 1.29 is 9.63 Å². The number of nitrogens with zero attached hydrogens (tertiary/aromatic N) is 3. The Morgan fingerprint density at radius 1 is 1.33 bits per heavy atom. The van der Waals surface area contributed by atoms with Crippen LogP contribution < -0.4 is 0 Å². The maximum atomic E-state index is 9.17. The third kappa shape index (κ3) is 1.89. The van der Waals surface area contributed by atoms with Crippen molar-refractivity contribution in [3.8, 4) is 0 Å². The van der Waals surface area contributed by atoms with Crippen molar-refractivity contribution in [1.29, 1.82) is 0 Å². The number of fused-ring (bicyclic) bond motifs is 1. The molecule has 0 aliphatic rings. The molecule has 92 valence electrons. The quantitative estimate of drug-likeness (QED) is 0.762. The summed E-state index contributed by atoms with van der Waals surface area (Å²) >= 11 is 0. The maximum Gasteiger partial charge on any atom is 0.246 e. The van der Waals surface area contributed by atoms with Gasteiger partial charge in [0.1, 0.15) is 6.54 Å². The molecule has 0 aliphatic heterocycles. The van der Waals surface area contributed by atoms with Crippen LogP contribution in [0.2, 0.25) is 0 Å². The van der Waals surface area contributed by atoms with Crippen molar-refractivity contribution in [2.75, 3.05) is 0 Å².